The number of hydrogen-bond donors (Lipinski definition) is 1. The SMILES string of the molecule is C=C1CCC[C@]2(C)C[C@H]3OC(=O)[C@@H](CN4CCC(O)(c5ccc(Cl)cc5)CC4)[C@@H]3C[C@@H]12. The van der Waals surface area contributed by atoms with Crippen LogP contribution in [0.25, 0.3) is 0 Å². The third kappa shape index (κ3) is 3.85. The maximum absolute atomic E-state index is 12.9. The summed E-state index contributed by atoms with van der Waals surface area (Å²) in [5, 5.41) is 11.9. The molecule has 0 spiro atoms. The summed E-state index contributed by atoms with van der Waals surface area (Å²) in [5.41, 5.74) is 1.74. The number of carbonyl (C=O) groups is 1. The van der Waals surface area contributed by atoms with Crippen molar-refractivity contribution < 1.29 is 14.6 Å². The van der Waals surface area contributed by atoms with Gasteiger partial charge in [0.2, 0.25) is 0 Å². The number of nitrogens with zero attached hydrogens (tertiary/aromatic N) is 1. The molecule has 4 nitrogen and oxygen atoms in total. The molecule has 31 heavy (non-hydrogen) atoms. The average molecular weight is 444 g/mol. The van der Waals surface area contributed by atoms with Gasteiger partial charge in [0, 0.05) is 30.6 Å². The third-order valence-corrected chi connectivity index (χ3v) is 9.09. The van der Waals surface area contributed by atoms with Crippen molar-refractivity contribution in [2.75, 3.05) is 19.6 Å². The number of hydrogen-bond acceptors (Lipinski definition) is 4. The molecule has 1 aromatic carbocycles. The summed E-state index contributed by atoms with van der Waals surface area (Å²) in [6.07, 6.45) is 7.00. The van der Waals surface area contributed by atoms with Gasteiger partial charge in [0.15, 0.2) is 0 Å². The first-order chi connectivity index (χ1) is 14.8. The van der Waals surface area contributed by atoms with Gasteiger partial charge in [0.25, 0.3) is 0 Å². The van der Waals surface area contributed by atoms with E-state index < -0.39 is 5.60 Å². The number of allylic oxidation sites excluding steroid dienone is 1. The number of esters is 1. The van der Waals surface area contributed by atoms with Crippen LogP contribution in [0.15, 0.2) is 36.4 Å². The van der Waals surface area contributed by atoms with Gasteiger partial charge >= 0.3 is 5.97 Å². The van der Waals surface area contributed by atoms with Gasteiger partial charge in [-0.25, -0.2) is 0 Å². The van der Waals surface area contributed by atoms with Gasteiger partial charge in [0.1, 0.15) is 6.10 Å². The zero-order valence-electron chi connectivity index (χ0n) is 18.5. The van der Waals surface area contributed by atoms with Gasteiger partial charge in [0.05, 0.1) is 11.5 Å². The van der Waals surface area contributed by atoms with Gasteiger partial charge in [-0.2, -0.15) is 0 Å². The maximum Gasteiger partial charge on any atom is 0.310 e. The predicted octanol–water partition coefficient (Wildman–Crippen LogP) is 4.94. The standard InChI is InChI=1S/C26H34ClNO3/c1-17-4-3-9-25(2)15-23-20(14-22(17)25)21(24(29)31-23)16-28-12-10-26(30,11-13-28)18-5-7-19(27)8-6-18/h5-8,20-23,30H,1,3-4,9-16H2,2H3/t20-,21-,22-,23+,25+/m0/s1. The fourth-order valence-electron chi connectivity index (χ4n) is 6.90. The van der Waals surface area contributed by atoms with Crippen molar-refractivity contribution in [1.82, 2.24) is 4.90 Å². The number of rotatable bonds is 3. The number of aliphatic hydroxyl groups is 1. The fourth-order valence-corrected chi connectivity index (χ4v) is 7.02. The largest absolute Gasteiger partial charge is 0.462 e. The van der Waals surface area contributed by atoms with Gasteiger partial charge in [-0.3, -0.25) is 4.79 Å². The average Bonchev–Trinajstić information content (AvgIpc) is 3.02. The van der Waals surface area contributed by atoms with E-state index in [0.29, 0.717) is 29.7 Å². The molecule has 2 saturated heterocycles. The van der Waals surface area contributed by atoms with Crippen LogP contribution in [0.4, 0.5) is 0 Å². The van der Waals surface area contributed by atoms with E-state index >= 15 is 0 Å². The molecule has 2 saturated carbocycles. The number of likely N-dealkylation sites (tertiary alicyclic amines) is 1. The number of piperidine rings is 1. The Labute approximate surface area is 190 Å². The molecule has 5 heteroatoms. The summed E-state index contributed by atoms with van der Waals surface area (Å²) >= 11 is 6.01. The molecular formula is C26H34ClNO3. The molecule has 168 valence electrons. The first-order valence-electron chi connectivity index (χ1n) is 11.9. The molecule has 5 rings (SSSR count). The van der Waals surface area contributed by atoms with Crippen LogP contribution in [0, 0.1) is 23.2 Å². The number of benzene rings is 1. The molecule has 2 aliphatic heterocycles. The van der Waals surface area contributed by atoms with Gasteiger partial charge in [-0.15, -0.1) is 0 Å². The van der Waals surface area contributed by atoms with Crippen LogP contribution in [0.1, 0.15) is 57.4 Å². The number of halogens is 1. The second-order valence-electron chi connectivity index (χ2n) is 10.7. The molecule has 1 N–H and O–H groups in total. The minimum Gasteiger partial charge on any atom is -0.462 e. The van der Waals surface area contributed by atoms with Crippen molar-refractivity contribution in [2.45, 2.75) is 63.6 Å². The van der Waals surface area contributed by atoms with Crippen LogP contribution in [-0.2, 0) is 15.1 Å². The fraction of sp³-hybridized carbons (Fsp3) is 0.654. The van der Waals surface area contributed by atoms with E-state index in [0.717, 1.165) is 44.5 Å². The first kappa shape index (κ1) is 21.5. The van der Waals surface area contributed by atoms with Gasteiger partial charge < -0.3 is 14.7 Å². The molecule has 1 aromatic rings. The molecular weight excluding hydrogens is 410 g/mol. The number of fused-ring (bicyclic) bond motifs is 2. The van der Waals surface area contributed by atoms with Crippen molar-refractivity contribution in [2.24, 2.45) is 23.2 Å². The Bertz CT molecular complexity index is 860. The highest BCUT2D eigenvalue weighted by atomic mass is 35.5. The molecule has 5 atom stereocenters. The highest BCUT2D eigenvalue weighted by molar-refractivity contribution is 6.30. The van der Waals surface area contributed by atoms with Crippen molar-refractivity contribution in [1.29, 1.82) is 0 Å². The molecule has 0 bridgehead atoms. The Morgan fingerprint density at radius 1 is 1.23 bits per heavy atom. The minimum atomic E-state index is -0.813. The summed E-state index contributed by atoms with van der Waals surface area (Å²) in [5.74, 6) is 0.765. The van der Waals surface area contributed by atoms with Crippen LogP contribution >= 0.6 is 11.6 Å². The first-order valence-corrected chi connectivity index (χ1v) is 12.2. The van der Waals surface area contributed by atoms with E-state index in [4.69, 9.17) is 16.3 Å². The van der Waals surface area contributed by atoms with Crippen molar-refractivity contribution >= 4 is 17.6 Å². The van der Waals surface area contributed by atoms with Crippen molar-refractivity contribution in [3.05, 3.63) is 47.0 Å². The lowest BCUT2D eigenvalue weighted by Crippen LogP contribution is -2.48. The van der Waals surface area contributed by atoms with Crippen LogP contribution in [0.3, 0.4) is 0 Å². The Hall–Kier alpha value is -1.36. The normalized spacial score (nSPS) is 37.8. The lowest BCUT2D eigenvalue weighted by molar-refractivity contribution is -0.146. The van der Waals surface area contributed by atoms with Crippen molar-refractivity contribution in [3.63, 3.8) is 0 Å². The maximum atomic E-state index is 12.9. The molecule has 0 radical (unpaired) electrons. The van der Waals surface area contributed by atoms with E-state index in [2.05, 4.69) is 18.4 Å². The predicted molar refractivity (Wildman–Crippen MR) is 122 cm³/mol. The van der Waals surface area contributed by atoms with Crippen LogP contribution in [-0.4, -0.2) is 41.7 Å². The zero-order valence-corrected chi connectivity index (χ0v) is 19.2. The number of ether oxygens (including phenoxy) is 1. The summed E-state index contributed by atoms with van der Waals surface area (Å²) in [6, 6.07) is 7.53. The summed E-state index contributed by atoms with van der Waals surface area (Å²) in [4.78, 5) is 15.2. The van der Waals surface area contributed by atoms with E-state index in [1.54, 1.807) is 0 Å². The highest BCUT2D eigenvalue weighted by Crippen LogP contribution is 2.57. The Kier molecular flexibility index (Phi) is 5.47. The molecule has 0 aromatic heterocycles. The molecule has 2 aliphatic carbocycles. The monoisotopic (exact) mass is 443 g/mol. The second-order valence-corrected chi connectivity index (χ2v) is 11.2. The number of carbonyl (C=O) groups excluding carboxylic acids is 1. The van der Waals surface area contributed by atoms with Gasteiger partial charge in [-0.1, -0.05) is 42.8 Å². The van der Waals surface area contributed by atoms with E-state index in [1.165, 1.54) is 18.4 Å². The van der Waals surface area contributed by atoms with Crippen LogP contribution < -0.4 is 0 Å². The highest BCUT2D eigenvalue weighted by Gasteiger charge is 2.55. The van der Waals surface area contributed by atoms with E-state index in [9.17, 15) is 9.90 Å². The Morgan fingerprint density at radius 2 is 1.94 bits per heavy atom. The van der Waals surface area contributed by atoms with Crippen molar-refractivity contribution in [3.8, 4) is 0 Å². The van der Waals surface area contributed by atoms with E-state index in [-0.39, 0.29) is 23.4 Å². The summed E-state index contributed by atoms with van der Waals surface area (Å²) < 4.78 is 5.93. The van der Waals surface area contributed by atoms with Crippen LogP contribution in [0.5, 0.6) is 0 Å². The zero-order chi connectivity index (χ0) is 21.8. The lowest BCUT2D eigenvalue weighted by Gasteiger charge is -2.50. The van der Waals surface area contributed by atoms with Gasteiger partial charge in [-0.05, 0) is 74.0 Å². The quantitative estimate of drug-likeness (QED) is 0.531. The molecule has 2 heterocycles. The minimum absolute atomic E-state index is 0.0126. The molecule has 0 unspecified atom stereocenters. The summed E-state index contributed by atoms with van der Waals surface area (Å²) in [7, 11) is 0. The molecule has 0 amide bonds. The summed E-state index contributed by atoms with van der Waals surface area (Å²) in [6.45, 7) is 9.09. The second kappa shape index (κ2) is 7.90. The lowest BCUT2D eigenvalue weighted by atomic mass is 9.55. The Morgan fingerprint density at radius 3 is 2.65 bits per heavy atom. The molecule has 4 aliphatic rings. The smallest absolute Gasteiger partial charge is 0.310 e. The Balaban J connectivity index is 1.24. The van der Waals surface area contributed by atoms with Crippen LogP contribution in [0.2, 0.25) is 5.02 Å². The third-order valence-electron chi connectivity index (χ3n) is 8.84. The molecule has 4 fully saturated rings. The van der Waals surface area contributed by atoms with E-state index in [1.807, 2.05) is 24.3 Å². The topological polar surface area (TPSA) is 49.8 Å².